The van der Waals surface area contributed by atoms with Crippen molar-refractivity contribution in [2.75, 3.05) is 4.90 Å². The summed E-state index contributed by atoms with van der Waals surface area (Å²) in [5.41, 5.74) is 15.6. The molecule has 0 radical (unpaired) electrons. The van der Waals surface area contributed by atoms with Gasteiger partial charge in [-0.15, -0.1) is 0 Å². The lowest BCUT2D eigenvalue weighted by atomic mass is 9.90. The molecule has 0 amide bonds. The summed E-state index contributed by atoms with van der Waals surface area (Å²) < 4.78 is 8.86. The minimum absolute atomic E-state index is 0.859. The molecule has 0 fully saturated rings. The first kappa shape index (κ1) is 34.9. The zero-order chi connectivity index (χ0) is 40.3. The van der Waals surface area contributed by atoms with Gasteiger partial charge in [-0.25, -0.2) is 0 Å². The molecule has 0 aliphatic carbocycles. The van der Waals surface area contributed by atoms with Crippen LogP contribution in [0, 0.1) is 0 Å². The second-order valence-corrected chi connectivity index (χ2v) is 15.6. The highest BCUT2D eigenvalue weighted by atomic mass is 16.3. The van der Waals surface area contributed by atoms with Gasteiger partial charge in [0.05, 0.1) is 27.8 Å². The van der Waals surface area contributed by atoms with E-state index in [4.69, 9.17) is 4.42 Å². The third kappa shape index (κ3) is 5.74. The van der Waals surface area contributed by atoms with Crippen molar-refractivity contribution in [3.63, 3.8) is 0 Å². The van der Waals surface area contributed by atoms with Gasteiger partial charge in [0.25, 0.3) is 0 Å². The number of aromatic nitrogens is 1. The van der Waals surface area contributed by atoms with E-state index in [1.54, 1.807) is 0 Å². The minimum Gasteiger partial charge on any atom is -0.456 e. The summed E-state index contributed by atoms with van der Waals surface area (Å²) in [6.45, 7) is 0. The predicted molar refractivity (Wildman–Crippen MR) is 257 cm³/mol. The number of hydrogen-bond donors (Lipinski definition) is 0. The van der Waals surface area contributed by atoms with Crippen LogP contribution in [0.1, 0.15) is 0 Å². The van der Waals surface area contributed by atoms with Gasteiger partial charge in [0.15, 0.2) is 0 Å². The normalized spacial score (nSPS) is 11.6. The first-order valence-electron chi connectivity index (χ1n) is 20.8. The van der Waals surface area contributed by atoms with Crippen LogP contribution in [-0.2, 0) is 0 Å². The van der Waals surface area contributed by atoms with Gasteiger partial charge in [0.1, 0.15) is 11.2 Å². The lowest BCUT2D eigenvalue weighted by Crippen LogP contribution is -2.11. The number of fused-ring (bicyclic) bond motifs is 7. The average molecular weight is 779 g/mol. The SMILES string of the molecule is c1ccc(-c2cccc3cccc(-c4ccccc4N(c4ccc(-c5ccc6c(c5)c5ccccc5n6-c5ccccc5)cc4)c4cccc5oc6ccccc6c45)c23)cc1. The second kappa shape index (κ2) is 14.3. The highest BCUT2D eigenvalue weighted by Gasteiger charge is 2.23. The molecule has 0 atom stereocenters. The highest BCUT2D eigenvalue weighted by Crippen LogP contribution is 2.48. The third-order valence-electron chi connectivity index (χ3n) is 12.2. The summed E-state index contributed by atoms with van der Waals surface area (Å²) in [7, 11) is 0. The van der Waals surface area contributed by atoms with Crippen molar-refractivity contribution in [2.24, 2.45) is 0 Å². The Labute approximate surface area is 353 Å². The molecular weight excluding hydrogens is 741 g/mol. The van der Waals surface area contributed by atoms with Gasteiger partial charge in [0.2, 0.25) is 0 Å². The van der Waals surface area contributed by atoms with Crippen LogP contribution < -0.4 is 4.90 Å². The molecule has 3 nitrogen and oxygen atoms in total. The third-order valence-corrected chi connectivity index (χ3v) is 12.2. The highest BCUT2D eigenvalue weighted by molar-refractivity contribution is 6.15. The fraction of sp³-hybridized carbons (Fsp3) is 0. The number of furan rings is 1. The Bertz CT molecular complexity index is 3580. The first-order valence-corrected chi connectivity index (χ1v) is 20.8. The van der Waals surface area contributed by atoms with E-state index in [1.807, 2.05) is 6.07 Å². The van der Waals surface area contributed by atoms with Crippen molar-refractivity contribution in [3.05, 3.63) is 231 Å². The zero-order valence-corrected chi connectivity index (χ0v) is 33.2. The second-order valence-electron chi connectivity index (χ2n) is 15.6. The van der Waals surface area contributed by atoms with Gasteiger partial charge in [-0.05, 0) is 105 Å². The Balaban J connectivity index is 1.05. The molecule has 2 aromatic heterocycles. The maximum Gasteiger partial charge on any atom is 0.137 e. The summed E-state index contributed by atoms with van der Waals surface area (Å²) >= 11 is 0. The zero-order valence-electron chi connectivity index (χ0n) is 33.2. The predicted octanol–water partition coefficient (Wildman–Crippen LogP) is 16.3. The van der Waals surface area contributed by atoms with Crippen molar-refractivity contribution in [1.29, 1.82) is 0 Å². The number of rotatable bonds is 7. The fourth-order valence-electron chi connectivity index (χ4n) is 9.48. The molecule has 0 saturated carbocycles. The van der Waals surface area contributed by atoms with Crippen molar-refractivity contribution < 1.29 is 4.42 Å². The van der Waals surface area contributed by atoms with E-state index in [1.165, 1.54) is 54.8 Å². The minimum atomic E-state index is 0.859. The van der Waals surface area contributed by atoms with Crippen LogP contribution in [0.25, 0.3) is 93.6 Å². The van der Waals surface area contributed by atoms with Gasteiger partial charge in [-0.2, -0.15) is 0 Å². The molecule has 286 valence electrons. The van der Waals surface area contributed by atoms with Crippen molar-refractivity contribution in [2.45, 2.75) is 0 Å². The molecule has 10 aromatic carbocycles. The largest absolute Gasteiger partial charge is 0.456 e. The van der Waals surface area contributed by atoms with Crippen molar-refractivity contribution >= 4 is 71.6 Å². The van der Waals surface area contributed by atoms with Crippen LogP contribution in [-0.4, -0.2) is 4.57 Å². The van der Waals surface area contributed by atoms with Gasteiger partial charge in [-0.1, -0.05) is 164 Å². The Hall–Kier alpha value is -8.14. The number of para-hydroxylation sites is 4. The van der Waals surface area contributed by atoms with Gasteiger partial charge in [-0.3, -0.25) is 0 Å². The topological polar surface area (TPSA) is 21.3 Å². The summed E-state index contributed by atoms with van der Waals surface area (Å²) in [5.74, 6) is 0. The van der Waals surface area contributed by atoms with Crippen LogP contribution in [0.15, 0.2) is 235 Å². The smallest absolute Gasteiger partial charge is 0.137 e. The van der Waals surface area contributed by atoms with E-state index < -0.39 is 0 Å². The number of anilines is 3. The van der Waals surface area contributed by atoms with Crippen LogP contribution in [0.5, 0.6) is 0 Å². The molecule has 0 bridgehead atoms. The van der Waals surface area contributed by atoms with Gasteiger partial charge < -0.3 is 13.9 Å². The Morgan fingerprint density at radius 3 is 1.79 bits per heavy atom. The summed E-state index contributed by atoms with van der Waals surface area (Å²) in [6, 6.07) is 82.9. The van der Waals surface area contributed by atoms with Crippen LogP contribution >= 0.6 is 0 Å². The Morgan fingerprint density at radius 1 is 0.344 bits per heavy atom. The molecule has 0 spiro atoms. The lowest BCUT2D eigenvalue weighted by molar-refractivity contribution is 0.669. The number of benzene rings is 10. The Kier molecular flexibility index (Phi) is 8.17. The lowest BCUT2D eigenvalue weighted by Gasteiger charge is -2.29. The monoisotopic (exact) mass is 778 g/mol. The van der Waals surface area contributed by atoms with Crippen molar-refractivity contribution in [3.8, 4) is 39.1 Å². The maximum absolute atomic E-state index is 6.50. The average Bonchev–Trinajstić information content (AvgIpc) is 3.88. The van der Waals surface area contributed by atoms with E-state index in [2.05, 4.69) is 234 Å². The first-order chi connectivity index (χ1) is 30.3. The Morgan fingerprint density at radius 2 is 0.951 bits per heavy atom. The van der Waals surface area contributed by atoms with Crippen molar-refractivity contribution in [1.82, 2.24) is 4.57 Å². The molecule has 12 rings (SSSR count). The quantitative estimate of drug-likeness (QED) is 0.161. The molecule has 3 heteroatoms. The molecule has 0 N–H and O–H groups in total. The molecular formula is C58H38N2O. The van der Waals surface area contributed by atoms with Gasteiger partial charge in [0, 0.05) is 33.1 Å². The maximum atomic E-state index is 6.50. The van der Waals surface area contributed by atoms with Gasteiger partial charge >= 0.3 is 0 Å². The molecule has 0 unspecified atom stereocenters. The van der Waals surface area contributed by atoms with E-state index in [0.29, 0.717) is 0 Å². The summed E-state index contributed by atoms with van der Waals surface area (Å²) in [5, 5.41) is 7.09. The van der Waals surface area contributed by atoms with Crippen LogP contribution in [0.2, 0.25) is 0 Å². The number of nitrogens with zero attached hydrogens (tertiary/aromatic N) is 2. The molecule has 12 aromatic rings. The molecule has 0 saturated heterocycles. The van der Waals surface area contributed by atoms with Crippen LogP contribution in [0.4, 0.5) is 17.1 Å². The molecule has 2 heterocycles. The van der Waals surface area contributed by atoms with E-state index in [-0.39, 0.29) is 0 Å². The number of hydrogen-bond acceptors (Lipinski definition) is 2. The summed E-state index contributed by atoms with van der Waals surface area (Å²) in [6.07, 6.45) is 0. The fourth-order valence-corrected chi connectivity index (χ4v) is 9.48. The van der Waals surface area contributed by atoms with Crippen LogP contribution in [0.3, 0.4) is 0 Å². The molecule has 61 heavy (non-hydrogen) atoms. The standard InChI is InChI=1S/C58H38N2O/c1-3-16-40(17-4-1)45-25-13-18-41-19-14-26-48(57(41)45)46-22-7-10-27-51(46)60(54-29-15-31-56-58(54)49-24-9-12-30-55(49)61-56)44-35-32-39(33-36-44)42-34-37-53-50(38-42)47-23-8-11-28-52(47)59(53)43-20-5-2-6-21-43/h1-38H. The summed E-state index contributed by atoms with van der Waals surface area (Å²) in [4.78, 5) is 2.42. The molecule has 0 aliphatic rings. The molecule has 0 aliphatic heterocycles. The van der Waals surface area contributed by atoms with E-state index in [0.717, 1.165) is 55.8 Å². The van der Waals surface area contributed by atoms with E-state index >= 15 is 0 Å². The van der Waals surface area contributed by atoms with E-state index in [9.17, 15) is 0 Å².